The predicted octanol–water partition coefficient (Wildman–Crippen LogP) is 4.05. The Morgan fingerprint density at radius 1 is 1.09 bits per heavy atom. The second-order valence-electron chi connectivity index (χ2n) is 7.94. The Morgan fingerprint density at radius 3 is 2.62 bits per heavy atom. The van der Waals surface area contributed by atoms with Crippen LogP contribution < -0.4 is 16.2 Å². The van der Waals surface area contributed by atoms with Crippen molar-refractivity contribution in [1.82, 2.24) is 9.97 Å². The zero-order chi connectivity index (χ0) is 22.8. The van der Waals surface area contributed by atoms with Gasteiger partial charge in [-0.3, -0.25) is 14.4 Å². The number of fused-ring (bicyclic) bond motifs is 1. The fraction of sp³-hybridized carbons (Fsp3) is 0.250. The number of amides is 2. The molecule has 0 spiro atoms. The molecule has 0 radical (unpaired) electrons. The minimum atomic E-state index is -0.910. The lowest BCUT2D eigenvalue weighted by Crippen LogP contribution is -2.36. The van der Waals surface area contributed by atoms with Gasteiger partial charge in [0, 0.05) is 17.9 Å². The van der Waals surface area contributed by atoms with Crippen LogP contribution >= 0.6 is 11.8 Å². The quantitative estimate of drug-likeness (QED) is 0.403. The van der Waals surface area contributed by atoms with Gasteiger partial charge in [0.05, 0.1) is 11.5 Å². The fourth-order valence-electron chi connectivity index (χ4n) is 3.61. The van der Waals surface area contributed by atoms with Crippen LogP contribution in [0.3, 0.4) is 0 Å². The van der Waals surface area contributed by atoms with Gasteiger partial charge < -0.3 is 15.6 Å². The number of aromatic amines is 1. The van der Waals surface area contributed by atoms with E-state index in [1.807, 2.05) is 57.2 Å². The summed E-state index contributed by atoms with van der Waals surface area (Å²) in [4.78, 5) is 45.4. The molecule has 8 heteroatoms. The Morgan fingerprint density at radius 2 is 1.88 bits per heavy atom. The van der Waals surface area contributed by atoms with Crippen LogP contribution in [0.5, 0.6) is 0 Å². The van der Waals surface area contributed by atoms with Crippen LogP contribution in [-0.4, -0.2) is 21.8 Å². The van der Waals surface area contributed by atoms with Crippen molar-refractivity contribution in [3.05, 3.63) is 80.6 Å². The minimum absolute atomic E-state index is 0.107. The summed E-state index contributed by atoms with van der Waals surface area (Å²) in [6.07, 6.45) is -0.107. The predicted molar refractivity (Wildman–Crippen MR) is 126 cm³/mol. The Labute approximate surface area is 190 Å². The largest absolute Gasteiger partial charge is 0.326 e. The molecule has 32 heavy (non-hydrogen) atoms. The van der Waals surface area contributed by atoms with Crippen LogP contribution in [0, 0.1) is 20.8 Å². The van der Waals surface area contributed by atoms with E-state index < -0.39 is 17.4 Å². The highest BCUT2D eigenvalue weighted by Crippen LogP contribution is 2.31. The molecule has 0 bridgehead atoms. The number of rotatable bonds is 5. The summed E-state index contributed by atoms with van der Waals surface area (Å²) in [6.45, 7) is 5.97. The Balaban J connectivity index is 1.58. The Kier molecular flexibility index (Phi) is 6.14. The van der Waals surface area contributed by atoms with Crippen LogP contribution in [0.1, 0.15) is 40.2 Å². The fourth-order valence-corrected chi connectivity index (χ4v) is 4.55. The highest BCUT2D eigenvalue weighted by atomic mass is 32.2. The summed E-state index contributed by atoms with van der Waals surface area (Å²) in [5, 5.41) is 5.88. The third kappa shape index (κ3) is 4.60. The molecular formula is C24H24N4O3S. The third-order valence-corrected chi connectivity index (χ3v) is 6.57. The Hall–Kier alpha value is -3.39. The summed E-state index contributed by atoms with van der Waals surface area (Å²) in [7, 11) is 0. The molecule has 0 saturated heterocycles. The van der Waals surface area contributed by atoms with Gasteiger partial charge in [-0.25, -0.2) is 4.98 Å². The summed E-state index contributed by atoms with van der Waals surface area (Å²) in [5.74, 6) is -0.883. The minimum Gasteiger partial charge on any atom is -0.326 e. The highest BCUT2D eigenvalue weighted by Gasteiger charge is 2.34. The molecular weight excluding hydrogens is 424 g/mol. The van der Waals surface area contributed by atoms with E-state index in [4.69, 9.17) is 0 Å². The molecule has 3 aromatic rings. The van der Waals surface area contributed by atoms with Gasteiger partial charge in [0.2, 0.25) is 11.8 Å². The average Bonchev–Trinajstić information content (AvgIpc) is 2.75. The number of aryl methyl sites for hydroxylation is 3. The van der Waals surface area contributed by atoms with Crippen molar-refractivity contribution in [2.45, 2.75) is 44.0 Å². The first-order chi connectivity index (χ1) is 15.3. The van der Waals surface area contributed by atoms with Crippen molar-refractivity contribution in [1.29, 1.82) is 0 Å². The number of hydrogen-bond donors (Lipinski definition) is 3. The second kappa shape index (κ2) is 9.00. The highest BCUT2D eigenvalue weighted by molar-refractivity contribution is 7.98. The normalized spacial score (nSPS) is 15.1. The molecule has 3 N–H and O–H groups in total. The summed E-state index contributed by atoms with van der Waals surface area (Å²) in [6, 6.07) is 13.6. The molecule has 0 saturated carbocycles. The van der Waals surface area contributed by atoms with E-state index in [9.17, 15) is 14.4 Å². The lowest BCUT2D eigenvalue weighted by atomic mass is 9.92. The number of nitrogens with zero attached hydrogens (tertiary/aromatic N) is 1. The number of carbonyl (C=O) groups excluding carboxylic acids is 2. The number of aromatic nitrogens is 2. The van der Waals surface area contributed by atoms with Crippen molar-refractivity contribution < 1.29 is 9.59 Å². The van der Waals surface area contributed by atoms with E-state index in [1.165, 1.54) is 11.8 Å². The van der Waals surface area contributed by atoms with Crippen molar-refractivity contribution in [2.24, 2.45) is 0 Å². The maximum Gasteiger partial charge on any atom is 0.257 e. The van der Waals surface area contributed by atoms with Gasteiger partial charge in [-0.2, -0.15) is 0 Å². The van der Waals surface area contributed by atoms with E-state index in [2.05, 4.69) is 20.6 Å². The molecule has 7 nitrogen and oxygen atoms in total. The van der Waals surface area contributed by atoms with Crippen molar-refractivity contribution in [3.63, 3.8) is 0 Å². The number of anilines is 2. The van der Waals surface area contributed by atoms with E-state index in [1.54, 1.807) is 6.07 Å². The van der Waals surface area contributed by atoms with Gasteiger partial charge in [0.15, 0.2) is 5.16 Å². The maximum atomic E-state index is 13.0. The van der Waals surface area contributed by atoms with Gasteiger partial charge in [0.25, 0.3) is 5.56 Å². The number of carbonyl (C=O) groups is 2. The molecule has 1 atom stereocenters. The summed E-state index contributed by atoms with van der Waals surface area (Å²) in [5.41, 5.74) is 4.83. The third-order valence-electron chi connectivity index (χ3n) is 5.65. The van der Waals surface area contributed by atoms with Crippen LogP contribution in [0.4, 0.5) is 11.5 Å². The van der Waals surface area contributed by atoms with E-state index in [0.717, 1.165) is 22.3 Å². The van der Waals surface area contributed by atoms with Crippen molar-refractivity contribution in [3.8, 4) is 0 Å². The molecule has 2 heterocycles. The molecule has 1 aliphatic rings. The molecule has 2 aromatic carbocycles. The number of nitrogens with one attached hydrogen (secondary N) is 3. The summed E-state index contributed by atoms with van der Waals surface area (Å²) < 4.78 is 0. The number of thioether (sulfide) groups is 1. The molecule has 0 aliphatic carbocycles. The molecule has 164 valence electrons. The molecule has 2 amide bonds. The Bertz CT molecular complexity index is 1270. The molecule has 1 aromatic heterocycles. The van der Waals surface area contributed by atoms with Gasteiger partial charge in [-0.1, -0.05) is 42.1 Å². The first kappa shape index (κ1) is 21.8. The van der Waals surface area contributed by atoms with Crippen molar-refractivity contribution >= 4 is 35.1 Å². The number of benzene rings is 2. The zero-order valence-electron chi connectivity index (χ0n) is 18.1. The van der Waals surface area contributed by atoms with E-state index in [-0.39, 0.29) is 23.7 Å². The maximum absolute atomic E-state index is 13.0. The summed E-state index contributed by atoms with van der Waals surface area (Å²) >= 11 is 1.37. The van der Waals surface area contributed by atoms with Gasteiger partial charge >= 0.3 is 0 Å². The number of hydrogen-bond acceptors (Lipinski definition) is 5. The average molecular weight is 449 g/mol. The van der Waals surface area contributed by atoms with Gasteiger partial charge in [-0.15, -0.1) is 0 Å². The van der Waals surface area contributed by atoms with Gasteiger partial charge in [0.1, 0.15) is 5.82 Å². The van der Waals surface area contributed by atoms with Crippen molar-refractivity contribution in [2.75, 3.05) is 10.6 Å². The van der Waals surface area contributed by atoms with Crippen LogP contribution in [0.15, 0.2) is 52.4 Å². The molecule has 0 fully saturated rings. The van der Waals surface area contributed by atoms with Gasteiger partial charge in [-0.05, 0) is 55.2 Å². The second-order valence-corrected chi connectivity index (χ2v) is 8.91. The smallest absolute Gasteiger partial charge is 0.257 e. The lowest BCUT2D eigenvalue weighted by molar-refractivity contribution is -0.123. The lowest BCUT2D eigenvalue weighted by Gasteiger charge is -2.23. The first-order valence-corrected chi connectivity index (χ1v) is 11.3. The molecule has 0 unspecified atom stereocenters. The molecule has 1 aliphatic heterocycles. The van der Waals surface area contributed by atoms with Crippen LogP contribution in [-0.2, 0) is 15.3 Å². The van der Waals surface area contributed by atoms with E-state index >= 15 is 0 Å². The van der Waals surface area contributed by atoms with E-state index in [0.29, 0.717) is 16.6 Å². The molecule has 4 rings (SSSR count). The number of H-pyrrole nitrogens is 1. The topological polar surface area (TPSA) is 104 Å². The SMILES string of the molecule is Cc1ccc(NC(=O)[C@H]2CC(=O)Nc3nc(SCc4ccccc4C)[nH]c(=O)c32)cc1C. The monoisotopic (exact) mass is 448 g/mol. The standard InChI is InChI=1S/C24H24N4O3S/c1-13-8-9-17(10-15(13)3)25-22(30)18-11-19(29)26-21-20(18)23(31)28-24(27-21)32-12-16-7-5-4-6-14(16)2/h4-10,18H,11-12H2,1-3H3,(H,25,30)(H2,26,27,28,29,31)/t18-/m0/s1. The zero-order valence-corrected chi connectivity index (χ0v) is 18.9. The van der Waals surface area contributed by atoms with Crippen LogP contribution in [0.25, 0.3) is 0 Å². The van der Waals surface area contributed by atoms with Crippen LogP contribution in [0.2, 0.25) is 0 Å². The first-order valence-electron chi connectivity index (χ1n) is 10.3.